The molecule has 1 heterocycles. The van der Waals surface area contributed by atoms with E-state index < -0.39 is 0 Å². The summed E-state index contributed by atoms with van der Waals surface area (Å²) in [7, 11) is 0. The van der Waals surface area contributed by atoms with Crippen LogP contribution >= 0.6 is 11.6 Å². The number of ether oxygens (including phenoxy) is 1. The van der Waals surface area contributed by atoms with E-state index in [2.05, 4.69) is 15.5 Å². The summed E-state index contributed by atoms with van der Waals surface area (Å²) in [5, 5.41) is 6.19. The molecule has 3 aromatic rings. The summed E-state index contributed by atoms with van der Waals surface area (Å²) in [6.07, 6.45) is 0. The van der Waals surface area contributed by atoms with Gasteiger partial charge in [0.15, 0.2) is 0 Å². The number of hydrogen-bond acceptors (Lipinski definition) is 4. The van der Waals surface area contributed by atoms with Crippen LogP contribution in [0.5, 0.6) is 0 Å². The molecule has 1 aliphatic heterocycles. The Bertz CT molecular complexity index is 1140. The maximum Gasteiger partial charge on any atom is 0.257 e. The molecule has 4 rings (SSSR count). The monoisotopic (exact) mass is 449 g/mol. The summed E-state index contributed by atoms with van der Waals surface area (Å²) in [6, 6.07) is 19.8. The second-order valence-electron chi connectivity index (χ2n) is 7.59. The average Bonchev–Trinajstić information content (AvgIpc) is 2.80. The zero-order valence-electron chi connectivity index (χ0n) is 17.7. The van der Waals surface area contributed by atoms with Gasteiger partial charge in [-0.1, -0.05) is 35.9 Å². The molecule has 1 aliphatic rings. The number of nitrogens with one attached hydrogen (secondary N) is 2. The molecule has 0 atom stereocenters. The lowest BCUT2D eigenvalue weighted by Gasteiger charge is -2.30. The van der Waals surface area contributed by atoms with Crippen molar-refractivity contribution in [3.8, 4) is 0 Å². The fourth-order valence-corrected chi connectivity index (χ4v) is 3.86. The van der Waals surface area contributed by atoms with Gasteiger partial charge in [-0.05, 0) is 55.0 Å². The van der Waals surface area contributed by atoms with E-state index in [0.717, 1.165) is 11.3 Å². The highest BCUT2D eigenvalue weighted by Crippen LogP contribution is 2.27. The van der Waals surface area contributed by atoms with Crippen LogP contribution in [0.15, 0.2) is 66.7 Å². The van der Waals surface area contributed by atoms with E-state index in [1.165, 1.54) is 0 Å². The molecule has 7 heteroatoms. The summed E-state index contributed by atoms with van der Waals surface area (Å²) in [4.78, 5) is 28.1. The molecule has 2 amide bonds. The van der Waals surface area contributed by atoms with Gasteiger partial charge in [0.05, 0.1) is 29.4 Å². The Kier molecular flexibility index (Phi) is 6.73. The van der Waals surface area contributed by atoms with Crippen LogP contribution in [0.4, 0.5) is 17.1 Å². The number of hydrogen-bond donors (Lipinski definition) is 2. The SMILES string of the molecule is Cc1cccc(NC(=O)c2cc(NC(=O)c3ccccc3Cl)ccc2N2CCOCC2)c1. The summed E-state index contributed by atoms with van der Waals surface area (Å²) in [5.74, 6) is -0.578. The molecule has 0 aliphatic carbocycles. The van der Waals surface area contributed by atoms with Gasteiger partial charge in [-0.15, -0.1) is 0 Å². The van der Waals surface area contributed by atoms with E-state index in [4.69, 9.17) is 16.3 Å². The van der Waals surface area contributed by atoms with Gasteiger partial charge in [0.1, 0.15) is 0 Å². The van der Waals surface area contributed by atoms with Gasteiger partial charge in [-0.2, -0.15) is 0 Å². The largest absolute Gasteiger partial charge is 0.378 e. The van der Waals surface area contributed by atoms with Crippen LogP contribution < -0.4 is 15.5 Å². The fraction of sp³-hybridized carbons (Fsp3) is 0.200. The van der Waals surface area contributed by atoms with Crippen LogP contribution in [0.1, 0.15) is 26.3 Å². The molecule has 0 aromatic heterocycles. The molecule has 0 spiro atoms. The normalized spacial score (nSPS) is 13.5. The summed E-state index contributed by atoms with van der Waals surface area (Å²) in [6.45, 7) is 4.56. The van der Waals surface area contributed by atoms with Gasteiger partial charge in [0, 0.05) is 30.2 Å². The van der Waals surface area contributed by atoms with Crippen molar-refractivity contribution in [1.82, 2.24) is 0 Å². The molecule has 0 saturated carbocycles. The van der Waals surface area contributed by atoms with Crippen LogP contribution in [0, 0.1) is 6.92 Å². The van der Waals surface area contributed by atoms with E-state index in [1.54, 1.807) is 36.4 Å². The third-order valence-electron chi connectivity index (χ3n) is 5.25. The Morgan fingerprint density at radius 2 is 1.53 bits per heavy atom. The summed E-state index contributed by atoms with van der Waals surface area (Å²) >= 11 is 6.15. The maximum absolute atomic E-state index is 13.2. The second-order valence-corrected chi connectivity index (χ2v) is 8.00. The molecule has 164 valence electrons. The van der Waals surface area contributed by atoms with E-state index in [0.29, 0.717) is 53.8 Å². The Hall–Kier alpha value is -3.35. The minimum Gasteiger partial charge on any atom is -0.378 e. The number of amides is 2. The lowest BCUT2D eigenvalue weighted by Crippen LogP contribution is -2.37. The first-order chi connectivity index (χ1) is 15.5. The zero-order chi connectivity index (χ0) is 22.5. The predicted molar refractivity (Wildman–Crippen MR) is 128 cm³/mol. The Labute approximate surface area is 192 Å². The summed E-state index contributed by atoms with van der Waals surface area (Å²) in [5.41, 5.74) is 3.93. The number of halogens is 1. The highest BCUT2D eigenvalue weighted by molar-refractivity contribution is 6.34. The molecule has 1 saturated heterocycles. The highest BCUT2D eigenvalue weighted by Gasteiger charge is 2.20. The van der Waals surface area contributed by atoms with Crippen molar-refractivity contribution in [3.63, 3.8) is 0 Å². The first-order valence-corrected chi connectivity index (χ1v) is 10.8. The number of rotatable bonds is 5. The van der Waals surface area contributed by atoms with Crippen molar-refractivity contribution in [3.05, 3.63) is 88.4 Å². The molecule has 32 heavy (non-hydrogen) atoms. The lowest BCUT2D eigenvalue weighted by molar-refractivity contribution is 0.101. The number of nitrogens with zero attached hydrogens (tertiary/aromatic N) is 1. The first kappa shape index (κ1) is 21.9. The number of morpholine rings is 1. The fourth-order valence-electron chi connectivity index (χ4n) is 3.64. The Morgan fingerprint density at radius 1 is 0.844 bits per heavy atom. The van der Waals surface area contributed by atoms with E-state index in [9.17, 15) is 9.59 Å². The number of aryl methyl sites for hydroxylation is 1. The minimum absolute atomic E-state index is 0.245. The Morgan fingerprint density at radius 3 is 2.25 bits per heavy atom. The number of anilines is 3. The van der Waals surface area contributed by atoms with Crippen LogP contribution in [0.2, 0.25) is 5.02 Å². The molecule has 1 fully saturated rings. The molecule has 0 bridgehead atoms. The van der Waals surface area contributed by atoms with E-state index in [-0.39, 0.29) is 11.8 Å². The standard InChI is InChI=1S/C25H24ClN3O3/c1-17-5-4-6-18(15-17)27-25(31)21-16-19(9-10-23(21)29-11-13-32-14-12-29)28-24(30)20-7-2-3-8-22(20)26/h2-10,15-16H,11-14H2,1H3,(H,27,31)(H,28,30). The minimum atomic E-state index is -0.334. The third-order valence-corrected chi connectivity index (χ3v) is 5.57. The molecule has 6 nitrogen and oxygen atoms in total. The van der Waals surface area contributed by atoms with Gasteiger partial charge in [-0.3, -0.25) is 9.59 Å². The Balaban J connectivity index is 1.64. The smallest absolute Gasteiger partial charge is 0.257 e. The molecular formula is C25H24ClN3O3. The summed E-state index contributed by atoms with van der Waals surface area (Å²) < 4.78 is 5.46. The topological polar surface area (TPSA) is 70.7 Å². The van der Waals surface area contributed by atoms with Crippen molar-refractivity contribution < 1.29 is 14.3 Å². The van der Waals surface area contributed by atoms with Gasteiger partial charge >= 0.3 is 0 Å². The lowest BCUT2D eigenvalue weighted by atomic mass is 10.1. The first-order valence-electron chi connectivity index (χ1n) is 10.4. The van der Waals surface area contributed by atoms with Crippen LogP contribution in [-0.4, -0.2) is 38.1 Å². The van der Waals surface area contributed by atoms with Gasteiger partial charge in [0.2, 0.25) is 0 Å². The quantitative estimate of drug-likeness (QED) is 0.575. The molecule has 0 unspecified atom stereocenters. The number of benzene rings is 3. The van der Waals surface area contributed by atoms with Crippen molar-refractivity contribution in [1.29, 1.82) is 0 Å². The highest BCUT2D eigenvalue weighted by atomic mass is 35.5. The van der Waals surface area contributed by atoms with Crippen LogP contribution in [0.3, 0.4) is 0 Å². The number of carbonyl (C=O) groups is 2. The molecular weight excluding hydrogens is 426 g/mol. The average molecular weight is 450 g/mol. The van der Waals surface area contributed by atoms with Crippen LogP contribution in [-0.2, 0) is 4.74 Å². The molecule has 3 aromatic carbocycles. The number of carbonyl (C=O) groups excluding carboxylic acids is 2. The van der Waals surface area contributed by atoms with E-state index >= 15 is 0 Å². The molecule has 0 radical (unpaired) electrons. The second kappa shape index (κ2) is 9.85. The van der Waals surface area contributed by atoms with E-state index in [1.807, 2.05) is 37.3 Å². The maximum atomic E-state index is 13.2. The van der Waals surface area contributed by atoms with Crippen LogP contribution in [0.25, 0.3) is 0 Å². The van der Waals surface area contributed by atoms with Crippen molar-refractivity contribution in [2.75, 3.05) is 41.8 Å². The molecule has 2 N–H and O–H groups in total. The third kappa shape index (κ3) is 5.10. The van der Waals surface area contributed by atoms with Gasteiger partial charge in [-0.25, -0.2) is 0 Å². The van der Waals surface area contributed by atoms with Crippen molar-refractivity contribution in [2.24, 2.45) is 0 Å². The van der Waals surface area contributed by atoms with Crippen molar-refractivity contribution >= 4 is 40.5 Å². The van der Waals surface area contributed by atoms with Gasteiger partial charge in [0.25, 0.3) is 11.8 Å². The zero-order valence-corrected chi connectivity index (χ0v) is 18.5. The van der Waals surface area contributed by atoms with Crippen molar-refractivity contribution in [2.45, 2.75) is 6.92 Å². The predicted octanol–water partition coefficient (Wildman–Crippen LogP) is 4.99. The van der Waals surface area contributed by atoms with Gasteiger partial charge < -0.3 is 20.3 Å².